The van der Waals surface area contributed by atoms with Crippen molar-refractivity contribution in [1.29, 1.82) is 0 Å². The molecule has 0 saturated carbocycles. The number of aromatic nitrogens is 3. The van der Waals surface area contributed by atoms with Crippen molar-refractivity contribution in [3.8, 4) is 17.0 Å². The molecule has 172 valence electrons. The van der Waals surface area contributed by atoms with Gasteiger partial charge in [-0.3, -0.25) is 14.8 Å². The number of alkyl halides is 1. The number of hydrogen-bond donors (Lipinski definition) is 2. The van der Waals surface area contributed by atoms with Crippen LogP contribution in [0.4, 0.5) is 10.1 Å². The number of aryl methyl sites for hydroxylation is 1. The molecule has 3 aromatic heterocycles. The van der Waals surface area contributed by atoms with Gasteiger partial charge in [-0.25, -0.2) is 9.37 Å². The zero-order valence-electron chi connectivity index (χ0n) is 18.8. The summed E-state index contributed by atoms with van der Waals surface area (Å²) in [5.41, 5.74) is 0.774. The molecule has 0 aliphatic carbocycles. The Kier molecular flexibility index (Phi) is 5.85. The first-order valence-electron chi connectivity index (χ1n) is 10.4. The van der Waals surface area contributed by atoms with E-state index in [1.807, 2.05) is 6.92 Å². The van der Waals surface area contributed by atoms with Gasteiger partial charge in [0.25, 0.3) is 5.91 Å². The Morgan fingerprint density at radius 2 is 1.97 bits per heavy atom. The van der Waals surface area contributed by atoms with Gasteiger partial charge < -0.3 is 19.9 Å². The van der Waals surface area contributed by atoms with Gasteiger partial charge in [-0.05, 0) is 45.0 Å². The maximum absolute atomic E-state index is 14.2. The number of hydrogen-bond acceptors (Lipinski definition) is 7. The Morgan fingerprint density at radius 3 is 2.61 bits per heavy atom. The van der Waals surface area contributed by atoms with E-state index in [0.29, 0.717) is 28.4 Å². The first-order chi connectivity index (χ1) is 15.6. The van der Waals surface area contributed by atoms with E-state index in [4.69, 9.17) is 9.47 Å². The van der Waals surface area contributed by atoms with Gasteiger partial charge in [0.2, 0.25) is 5.88 Å². The highest BCUT2D eigenvalue weighted by Crippen LogP contribution is 2.37. The number of nitrogens with zero attached hydrogens (tertiary/aromatic N) is 3. The van der Waals surface area contributed by atoms with Gasteiger partial charge >= 0.3 is 0 Å². The first kappa shape index (κ1) is 22.8. The third kappa shape index (κ3) is 4.55. The summed E-state index contributed by atoms with van der Waals surface area (Å²) in [4.78, 5) is 25.5. The largest absolute Gasteiger partial charge is 0.481 e. The maximum atomic E-state index is 14.2. The minimum atomic E-state index is -1.66. The van der Waals surface area contributed by atoms with Gasteiger partial charge in [-0.1, -0.05) is 0 Å². The van der Waals surface area contributed by atoms with E-state index in [1.165, 1.54) is 39.3 Å². The van der Waals surface area contributed by atoms with Crippen LogP contribution in [0.25, 0.3) is 11.1 Å². The second kappa shape index (κ2) is 8.49. The highest BCUT2D eigenvalue weighted by molar-refractivity contribution is 6.04. The van der Waals surface area contributed by atoms with Crippen LogP contribution in [0.2, 0.25) is 0 Å². The van der Waals surface area contributed by atoms with Crippen LogP contribution in [0.15, 0.2) is 42.9 Å². The molecule has 1 aliphatic heterocycles. The number of anilines is 1. The maximum Gasteiger partial charge on any atom is 0.255 e. The van der Waals surface area contributed by atoms with E-state index >= 15 is 0 Å². The Labute approximate surface area is 190 Å². The van der Waals surface area contributed by atoms with Crippen molar-refractivity contribution in [1.82, 2.24) is 15.0 Å². The SMILES string of the molecule is COc1ncc(-c2cc(NC(=O)c3ccnc(C(C)(C)F)c3)cnc2C)cc1C1(O)COC1. The molecule has 33 heavy (non-hydrogen) atoms. The van der Waals surface area contributed by atoms with Crippen LogP contribution in [0, 0.1) is 6.92 Å². The number of aliphatic hydroxyl groups is 1. The van der Waals surface area contributed by atoms with E-state index in [2.05, 4.69) is 20.3 Å². The van der Waals surface area contributed by atoms with Crippen molar-refractivity contribution in [2.75, 3.05) is 25.6 Å². The van der Waals surface area contributed by atoms with Crippen LogP contribution < -0.4 is 10.1 Å². The van der Waals surface area contributed by atoms with Gasteiger partial charge in [-0.2, -0.15) is 0 Å². The molecule has 9 heteroatoms. The van der Waals surface area contributed by atoms with Crippen molar-refractivity contribution in [3.05, 3.63) is 65.4 Å². The van der Waals surface area contributed by atoms with Gasteiger partial charge in [-0.15, -0.1) is 0 Å². The summed E-state index contributed by atoms with van der Waals surface area (Å²) in [6.07, 6.45) is 4.58. The predicted octanol–water partition coefficient (Wildman–Crippen LogP) is 3.53. The fraction of sp³-hybridized carbons (Fsp3) is 0.333. The lowest BCUT2D eigenvalue weighted by molar-refractivity contribution is -0.185. The Hall–Kier alpha value is -3.43. The molecular formula is C24H25FN4O4. The molecule has 1 aliphatic rings. The van der Waals surface area contributed by atoms with E-state index in [9.17, 15) is 14.3 Å². The first-order valence-corrected chi connectivity index (χ1v) is 10.4. The van der Waals surface area contributed by atoms with Crippen molar-refractivity contribution in [3.63, 3.8) is 0 Å². The molecule has 0 spiro atoms. The molecule has 0 aromatic carbocycles. The second-order valence-corrected chi connectivity index (χ2v) is 8.52. The summed E-state index contributed by atoms with van der Waals surface area (Å²) in [5.74, 6) is -0.0853. The summed E-state index contributed by atoms with van der Waals surface area (Å²) in [6, 6.07) is 6.52. The summed E-state index contributed by atoms with van der Waals surface area (Å²) >= 11 is 0. The number of nitrogens with one attached hydrogen (secondary N) is 1. The smallest absolute Gasteiger partial charge is 0.255 e. The molecule has 1 saturated heterocycles. The van der Waals surface area contributed by atoms with E-state index in [-0.39, 0.29) is 24.5 Å². The summed E-state index contributed by atoms with van der Waals surface area (Å²) < 4.78 is 24.7. The number of carbonyl (C=O) groups is 1. The Balaban J connectivity index is 1.64. The van der Waals surface area contributed by atoms with Crippen molar-refractivity contribution in [2.24, 2.45) is 0 Å². The summed E-state index contributed by atoms with van der Waals surface area (Å²) in [6.45, 7) is 4.93. The number of ether oxygens (including phenoxy) is 2. The molecule has 0 unspecified atom stereocenters. The van der Waals surface area contributed by atoms with Crippen LogP contribution >= 0.6 is 0 Å². The zero-order chi connectivity index (χ0) is 23.8. The number of rotatable bonds is 6. The Morgan fingerprint density at radius 1 is 1.21 bits per heavy atom. The van der Waals surface area contributed by atoms with Crippen LogP contribution in [0.5, 0.6) is 5.88 Å². The molecule has 1 fully saturated rings. The average molecular weight is 452 g/mol. The van der Waals surface area contributed by atoms with Crippen molar-refractivity contribution in [2.45, 2.75) is 32.0 Å². The molecule has 0 radical (unpaired) electrons. The van der Waals surface area contributed by atoms with Crippen molar-refractivity contribution >= 4 is 11.6 Å². The third-order valence-corrected chi connectivity index (χ3v) is 5.51. The molecule has 3 aromatic rings. The highest BCUT2D eigenvalue weighted by atomic mass is 19.1. The molecule has 2 N–H and O–H groups in total. The fourth-order valence-corrected chi connectivity index (χ4v) is 3.54. The topological polar surface area (TPSA) is 106 Å². The van der Waals surface area contributed by atoms with Crippen LogP contribution in [0.1, 0.15) is 41.2 Å². The van der Waals surface area contributed by atoms with Gasteiger partial charge in [0.05, 0.1) is 43.5 Å². The monoisotopic (exact) mass is 452 g/mol. The molecule has 4 rings (SSSR count). The molecule has 0 atom stereocenters. The molecule has 8 nitrogen and oxygen atoms in total. The molecular weight excluding hydrogens is 427 g/mol. The Bertz CT molecular complexity index is 1210. The minimum Gasteiger partial charge on any atom is -0.481 e. The molecule has 4 heterocycles. The van der Waals surface area contributed by atoms with Crippen molar-refractivity contribution < 1.29 is 23.8 Å². The number of halogens is 1. The fourth-order valence-electron chi connectivity index (χ4n) is 3.54. The van der Waals surface area contributed by atoms with Crippen LogP contribution in [-0.4, -0.2) is 46.3 Å². The molecule has 0 bridgehead atoms. The van der Waals surface area contributed by atoms with E-state index in [1.54, 1.807) is 24.5 Å². The summed E-state index contributed by atoms with van der Waals surface area (Å²) in [7, 11) is 1.49. The normalized spacial score (nSPS) is 15.0. The van der Waals surface area contributed by atoms with Gasteiger partial charge in [0.1, 0.15) is 11.3 Å². The van der Waals surface area contributed by atoms with Crippen LogP contribution in [-0.2, 0) is 16.0 Å². The molecule has 1 amide bonds. The number of carbonyl (C=O) groups excluding carboxylic acids is 1. The number of pyridine rings is 3. The number of amides is 1. The van der Waals surface area contributed by atoms with Crippen LogP contribution in [0.3, 0.4) is 0 Å². The summed E-state index contributed by atoms with van der Waals surface area (Å²) in [5, 5.41) is 13.6. The predicted molar refractivity (Wildman–Crippen MR) is 120 cm³/mol. The number of methoxy groups -OCH3 is 1. The zero-order valence-corrected chi connectivity index (χ0v) is 18.8. The third-order valence-electron chi connectivity index (χ3n) is 5.51. The minimum absolute atomic E-state index is 0.158. The highest BCUT2D eigenvalue weighted by Gasteiger charge is 2.41. The lowest BCUT2D eigenvalue weighted by Gasteiger charge is -2.37. The van der Waals surface area contributed by atoms with E-state index < -0.39 is 17.2 Å². The lowest BCUT2D eigenvalue weighted by atomic mass is 9.90. The quantitative estimate of drug-likeness (QED) is 0.589. The average Bonchev–Trinajstić information content (AvgIpc) is 2.78. The van der Waals surface area contributed by atoms with E-state index in [0.717, 1.165) is 5.56 Å². The second-order valence-electron chi connectivity index (χ2n) is 8.52. The van der Waals surface area contributed by atoms with Gasteiger partial charge in [0, 0.05) is 34.8 Å². The standard InChI is InChI=1S/C24H25FN4O4/c1-14-18(16-7-19(22(32-4)28-10-16)24(31)12-33-13-24)9-17(11-27-14)29-21(30)15-5-6-26-20(8-15)23(2,3)25/h5-11,31H,12-13H2,1-4H3,(H,29,30). The van der Waals surface area contributed by atoms with Gasteiger partial charge in [0.15, 0.2) is 0 Å². The lowest BCUT2D eigenvalue weighted by Crippen LogP contribution is -2.46.